The number of carbonyl (C=O) groups excluding carboxylic acids is 2. The van der Waals surface area contributed by atoms with Gasteiger partial charge in [-0.2, -0.15) is 0 Å². The van der Waals surface area contributed by atoms with Crippen LogP contribution in [0.1, 0.15) is 12.5 Å². The van der Waals surface area contributed by atoms with E-state index in [1.165, 1.54) is 42.3 Å². The second-order valence-corrected chi connectivity index (χ2v) is 10.4. The lowest BCUT2D eigenvalue weighted by Crippen LogP contribution is -2.50. The Hall–Kier alpha value is -3.07. The Morgan fingerprint density at radius 3 is 2.14 bits per heavy atom. The molecule has 0 saturated carbocycles. The third-order valence-electron chi connectivity index (χ3n) is 5.40. The van der Waals surface area contributed by atoms with Gasteiger partial charge in [-0.15, -0.1) is 0 Å². The monoisotopic (exact) mass is 533 g/mol. The summed E-state index contributed by atoms with van der Waals surface area (Å²) in [6.45, 7) is 1.10. The van der Waals surface area contributed by atoms with Gasteiger partial charge in [-0.25, -0.2) is 8.42 Å². The zero-order valence-corrected chi connectivity index (χ0v) is 21.5. The highest BCUT2D eigenvalue weighted by molar-refractivity contribution is 7.92. The fraction of sp³-hybridized carbons (Fsp3) is 0.200. The van der Waals surface area contributed by atoms with Gasteiger partial charge in [0.25, 0.3) is 10.0 Å². The largest absolute Gasteiger partial charge is 0.357 e. The third-order valence-corrected chi connectivity index (χ3v) is 7.73. The Balaban J connectivity index is 2.06. The van der Waals surface area contributed by atoms with Gasteiger partial charge in [0.1, 0.15) is 12.6 Å². The van der Waals surface area contributed by atoms with E-state index in [2.05, 4.69) is 5.32 Å². The summed E-state index contributed by atoms with van der Waals surface area (Å²) in [7, 11) is -2.73. The normalized spacial score (nSPS) is 12.0. The van der Waals surface area contributed by atoms with Crippen LogP contribution < -0.4 is 9.62 Å². The predicted octanol–water partition coefficient (Wildman–Crippen LogP) is 4.35. The number of halogens is 2. The van der Waals surface area contributed by atoms with Crippen LogP contribution in [-0.2, 0) is 26.2 Å². The van der Waals surface area contributed by atoms with E-state index in [9.17, 15) is 18.0 Å². The van der Waals surface area contributed by atoms with Crippen LogP contribution in [0.5, 0.6) is 0 Å². The van der Waals surface area contributed by atoms with Crippen molar-refractivity contribution in [3.05, 3.63) is 94.5 Å². The third kappa shape index (κ3) is 6.33. The number of nitrogens with zero attached hydrogens (tertiary/aromatic N) is 2. The number of sulfonamides is 1. The van der Waals surface area contributed by atoms with Gasteiger partial charge in [-0.1, -0.05) is 71.7 Å². The quantitative estimate of drug-likeness (QED) is 0.442. The highest BCUT2D eigenvalue weighted by Crippen LogP contribution is 2.33. The maximum Gasteiger partial charge on any atom is 0.264 e. The second kappa shape index (κ2) is 11.6. The summed E-state index contributed by atoms with van der Waals surface area (Å²) >= 11 is 12.5. The van der Waals surface area contributed by atoms with Crippen molar-refractivity contribution in [1.82, 2.24) is 10.2 Å². The van der Waals surface area contributed by atoms with Crippen LogP contribution in [0.25, 0.3) is 0 Å². The van der Waals surface area contributed by atoms with Gasteiger partial charge >= 0.3 is 0 Å². The summed E-state index contributed by atoms with van der Waals surface area (Å²) in [5, 5.41) is 2.90. The first kappa shape index (κ1) is 26.5. The predicted molar refractivity (Wildman–Crippen MR) is 138 cm³/mol. The summed E-state index contributed by atoms with van der Waals surface area (Å²) in [6, 6.07) is 20.4. The van der Waals surface area contributed by atoms with Crippen LogP contribution >= 0.6 is 23.2 Å². The molecule has 0 unspecified atom stereocenters. The molecule has 3 rings (SSSR count). The minimum atomic E-state index is -4.20. The van der Waals surface area contributed by atoms with Crippen LogP contribution in [-0.4, -0.2) is 44.8 Å². The van der Waals surface area contributed by atoms with Crippen molar-refractivity contribution in [2.45, 2.75) is 24.4 Å². The lowest BCUT2D eigenvalue weighted by atomic mass is 10.1. The van der Waals surface area contributed by atoms with Gasteiger partial charge in [0.05, 0.1) is 15.6 Å². The molecule has 1 N–H and O–H groups in total. The van der Waals surface area contributed by atoms with E-state index in [4.69, 9.17) is 23.2 Å². The molecule has 0 aliphatic carbocycles. The molecule has 3 aromatic rings. The minimum Gasteiger partial charge on any atom is -0.357 e. The Morgan fingerprint density at radius 1 is 0.943 bits per heavy atom. The molecule has 0 heterocycles. The topological polar surface area (TPSA) is 86.8 Å². The summed E-state index contributed by atoms with van der Waals surface area (Å²) in [5.74, 6) is -0.965. The van der Waals surface area contributed by atoms with E-state index in [1.54, 1.807) is 25.1 Å². The molecule has 7 nitrogen and oxygen atoms in total. The molecule has 0 spiro atoms. The SMILES string of the molecule is CNC(=O)[C@H](C)N(Cc1ccccc1)C(=O)CN(c1cc(Cl)ccc1Cl)S(=O)(=O)c1ccccc1. The molecule has 3 aromatic carbocycles. The Labute approximate surface area is 215 Å². The number of hydrogen-bond donors (Lipinski definition) is 1. The van der Waals surface area contributed by atoms with E-state index in [-0.39, 0.29) is 33.1 Å². The number of carbonyl (C=O) groups is 2. The fourth-order valence-electron chi connectivity index (χ4n) is 3.48. The van der Waals surface area contributed by atoms with Gasteiger partial charge in [0, 0.05) is 18.6 Å². The Bertz CT molecular complexity index is 1290. The summed E-state index contributed by atoms with van der Waals surface area (Å²) < 4.78 is 28.2. The lowest BCUT2D eigenvalue weighted by molar-refractivity contribution is -0.139. The van der Waals surface area contributed by atoms with Crippen molar-refractivity contribution >= 4 is 50.7 Å². The molecule has 35 heavy (non-hydrogen) atoms. The minimum absolute atomic E-state index is 0.0159. The second-order valence-electron chi connectivity index (χ2n) is 7.72. The summed E-state index contributed by atoms with van der Waals surface area (Å²) in [5.41, 5.74) is 0.846. The van der Waals surface area contributed by atoms with E-state index in [1.807, 2.05) is 30.3 Å². The van der Waals surface area contributed by atoms with E-state index in [0.717, 1.165) is 9.87 Å². The molecule has 10 heteroatoms. The van der Waals surface area contributed by atoms with Crippen LogP contribution in [0.3, 0.4) is 0 Å². The number of likely N-dealkylation sites (N-methyl/N-ethyl adjacent to an activating group) is 1. The molecule has 0 aromatic heterocycles. The molecular formula is C25H25Cl2N3O4S. The van der Waals surface area contributed by atoms with Crippen molar-refractivity contribution in [2.75, 3.05) is 17.9 Å². The average molecular weight is 534 g/mol. The molecule has 0 fully saturated rings. The van der Waals surface area contributed by atoms with Gasteiger partial charge in [-0.05, 0) is 42.8 Å². The first-order valence-electron chi connectivity index (χ1n) is 10.7. The number of nitrogens with one attached hydrogen (secondary N) is 1. The van der Waals surface area contributed by atoms with Crippen molar-refractivity contribution in [3.63, 3.8) is 0 Å². The molecular weight excluding hydrogens is 509 g/mol. The smallest absolute Gasteiger partial charge is 0.264 e. The standard InChI is InChI=1S/C25H25Cl2N3O4S/c1-18(25(32)28-2)29(16-19-9-5-3-6-10-19)24(31)17-30(23-15-20(26)13-14-22(23)27)35(33,34)21-11-7-4-8-12-21/h3-15,18H,16-17H2,1-2H3,(H,28,32)/t18-/m0/s1. The van der Waals surface area contributed by atoms with Crippen LogP contribution in [0.2, 0.25) is 10.0 Å². The van der Waals surface area contributed by atoms with Crippen LogP contribution in [0, 0.1) is 0 Å². The van der Waals surface area contributed by atoms with Gasteiger partial charge in [0.15, 0.2) is 0 Å². The van der Waals surface area contributed by atoms with Crippen LogP contribution in [0.15, 0.2) is 83.8 Å². The van der Waals surface area contributed by atoms with E-state index in [0.29, 0.717) is 0 Å². The Morgan fingerprint density at radius 2 is 1.54 bits per heavy atom. The van der Waals surface area contributed by atoms with Crippen molar-refractivity contribution < 1.29 is 18.0 Å². The van der Waals surface area contributed by atoms with Crippen molar-refractivity contribution in [1.29, 1.82) is 0 Å². The first-order valence-corrected chi connectivity index (χ1v) is 12.9. The fourth-order valence-corrected chi connectivity index (χ4v) is 5.36. The molecule has 0 bridgehead atoms. The molecule has 2 amide bonds. The lowest BCUT2D eigenvalue weighted by Gasteiger charge is -2.32. The molecule has 0 radical (unpaired) electrons. The summed E-state index contributed by atoms with van der Waals surface area (Å²) in [6.07, 6.45) is 0. The highest BCUT2D eigenvalue weighted by atomic mass is 35.5. The van der Waals surface area contributed by atoms with Gasteiger partial charge in [0.2, 0.25) is 11.8 Å². The highest BCUT2D eigenvalue weighted by Gasteiger charge is 2.33. The maximum absolute atomic E-state index is 13.6. The number of benzene rings is 3. The molecule has 0 aliphatic rings. The average Bonchev–Trinajstić information content (AvgIpc) is 2.87. The van der Waals surface area contributed by atoms with E-state index < -0.39 is 28.5 Å². The molecule has 1 atom stereocenters. The van der Waals surface area contributed by atoms with Crippen molar-refractivity contribution in [3.8, 4) is 0 Å². The maximum atomic E-state index is 13.6. The first-order chi connectivity index (χ1) is 16.6. The van der Waals surface area contributed by atoms with Gasteiger partial charge in [-0.3, -0.25) is 13.9 Å². The van der Waals surface area contributed by atoms with E-state index >= 15 is 0 Å². The number of hydrogen-bond acceptors (Lipinski definition) is 4. The molecule has 0 saturated heterocycles. The molecule has 184 valence electrons. The molecule has 0 aliphatic heterocycles. The number of rotatable bonds is 9. The number of anilines is 1. The Kier molecular flexibility index (Phi) is 8.77. The van der Waals surface area contributed by atoms with Crippen LogP contribution in [0.4, 0.5) is 5.69 Å². The zero-order valence-electron chi connectivity index (χ0n) is 19.2. The van der Waals surface area contributed by atoms with Gasteiger partial charge < -0.3 is 10.2 Å². The zero-order chi connectivity index (χ0) is 25.6. The number of amides is 2. The summed E-state index contributed by atoms with van der Waals surface area (Å²) in [4.78, 5) is 27.4. The van der Waals surface area contributed by atoms with Crippen molar-refractivity contribution in [2.24, 2.45) is 0 Å².